The maximum Gasteiger partial charge on any atom is 0.273 e. The molecule has 3 aliphatic rings. The minimum Gasteiger partial charge on any atom is -0.292 e. The SMILES string of the molecule is O=C(CN(C(=O)c1ccc(Cl)c(Cl)c1)N1C(=O)[C@@H]2[C@H]3C[C@@H]([C@H](Br)[C@@H]3Br)[C@@H]2C1=O)c1ccc(Cl)cc1Cl. The molecule has 1 aliphatic heterocycles. The molecule has 2 aliphatic carbocycles. The molecule has 1 heterocycles. The number of hydrogen-bond donors (Lipinski definition) is 0. The van der Waals surface area contributed by atoms with Gasteiger partial charge >= 0.3 is 0 Å². The third-order valence-electron chi connectivity index (χ3n) is 7.13. The van der Waals surface area contributed by atoms with Gasteiger partial charge in [-0.3, -0.25) is 19.2 Å². The molecule has 12 heteroatoms. The van der Waals surface area contributed by atoms with Gasteiger partial charge in [-0.2, -0.15) is 5.01 Å². The molecule has 0 radical (unpaired) electrons. The van der Waals surface area contributed by atoms with Crippen molar-refractivity contribution in [1.82, 2.24) is 10.0 Å². The van der Waals surface area contributed by atoms with Crippen LogP contribution in [-0.4, -0.2) is 49.7 Å². The number of carbonyl (C=O) groups is 4. The molecule has 1 saturated heterocycles. The summed E-state index contributed by atoms with van der Waals surface area (Å²) in [7, 11) is 0. The van der Waals surface area contributed by atoms with Crippen LogP contribution in [0.4, 0.5) is 0 Å². The Bertz CT molecular complexity index is 1290. The van der Waals surface area contributed by atoms with E-state index in [0.29, 0.717) is 5.02 Å². The third-order valence-corrected chi connectivity index (χ3v) is 11.6. The summed E-state index contributed by atoms with van der Waals surface area (Å²) in [6.45, 7) is -0.595. The van der Waals surface area contributed by atoms with Gasteiger partial charge in [0.25, 0.3) is 17.7 Å². The summed E-state index contributed by atoms with van der Waals surface area (Å²) < 4.78 is 0. The highest BCUT2D eigenvalue weighted by molar-refractivity contribution is 9.12. The van der Waals surface area contributed by atoms with Crippen molar-refractivity contribution in [3.63, 3.8) is 0 Å². The number of halogens is 6. The lowest BCUT2D eigenvalue weighted by Gasteiger charge is -2.31. The van der Waals surface area contributed by atoms with Gasteiger partial charge in [0.1, 0.15) is 6.54 Å². The van der Waals surface area contributed by atoms with Crippen LogP contribution in [0.15, 0.2) is 36.4 Å². The fraction of sp³-hybridized carbons (Fsp3) is 0.333. The van der Waals surface area contributed by atoms with Crippen molar-refractivity contribution in [2.24, 2.45) is 23.7 Å². The minimum absolute atomic E-state index is 0.0224. The molecule has 36 heavy (non-hydrogen) atoms. The lowest BCUT2D eigenvalue weighted by atomic mass is 9.81. The maximum absolute atomic E-state index is 13.7. The average molecular weight is 698 g/mol. The second-order valence-electron chi connectivity index (χ2n) is 9.03. The molecule has 188 valence electrons. The lowest BCUT2D eigenvalue weighted by molar-refractivity contribution is -0.154. The molecule has 0 unspecified atom stereocenters. The first-order chi connectivity index (χ1) is 17.0. The zero-order chi connectivity index (χ0) is 26.0. The van der Waals surface area contributed by atoms with Crippen LogP contribution in [0.2, 0.25) is 20.1 Å². The zero-order valence-corrected chi connectivity index (χ0v) is 24.3. The Morgan fingerprint density at radius 2 is 1.47 bits per heavy atom. The first kappa shape index (κ1) is 26.4. The summed E-state index contributed by atoms with van der Waals surface area (Å²) >= 11 is 31.6. The van der Waals surface area contributed by atoms with Crippen LogP contribution >= 0.6 is 78.3 Å². The van der Waals surface area contributed by atoms with Crippen LogP contribution in [0.1, 0.15) is 27.1 Å². The quantitative estimate of drug-likeness (QED) is 0.208. The Balaban J connectivity index is 1.53. The molecule has 3 amide bonds. The van der Waals surface area contributed by atoms with E-state index in [1.165, 1.54) is 36.4 Å². The normalized spacial score (nSPS) is 28.6. The van der Waals surface area contributed by atoms with Crippen molar-refractivity contribution in [2.75, 3.05) is 6.54 Å². The molecular weight excluding hydrogens is 682 g/mol. The molecule has 6 nitrogen and oxygen atoms in total. The highest BCUT2D eigenvalue weighted by atomic mass is 79.9. The smallest absolute Gasteiger partial charge is 0.273 e. The van der Waals surface area contributed by atoms with Crippen LogP contribution in [0.25, 0.3) is 0 Å². The van der Waals surface area contributed by atoms with Crippen molar-refractivity contribution >= 4 is 102 Å². The molecule has 2 saturated carbocycles. The number of amides is 3. The van der Waals surface area contributed by atoms with Crippen LogP contribution in [-0.2, 0) is 9.59 Å². The van der Waals surface area contributed by atoms with Gasteiger partial charge in [-0.25, -0.2) is 5.01 Å². The number of rotatable bonds is 5. The second kappa shape index (κ2) is 9.86. The van der Waals surface area contributed by atoms with E-state index in [1.54, 1.807) is 0 Å². The number of carbonyl (C=O) groups excluding carboxylic acids is 4. The van der Waals surface area contributed by atoms with Crippen molar-refractivity contribution in [3.05, 3.63) is 67.6 Å². The standard InChI is InChI=1S/C24H16Br2Cl4N2O4/c25-20-12-7-13(21(20)26)19-18(12)23(35)32(24(19)36)31(22(34)9-1-4-14(28)16(30)5-9)8-17(33)11-3-2-10(27)6-15(11)29/h1-6,12-13,18-21H,7-8H2/t12-,13-,18-,19+,20-,21+/m1/s1. The largest absolute Gasteiger partial charge is 0.292 e. The Hall–Kier alpha value is -1.16. The molecule has 2 bridgehead atoms. The van der Waals surface area contributed by atoms with Gasteiger partial charge in [-0.05, 0) is 54.7 Å². The Morgan fingerprint density at radius 1 is 0.861 bits per heavy atom. The van der Waals surface area contributed by atoms with Crippen molar-refractivity contribution in [1.29, 1.82) is 0 Å². The van der Waals surface area contributed by atoms with E-state index >= 15 is 0 Å². The van der Waals surface area contributed by atoms with Gasteiger partial charge in [0.2, 0.25) is 0 Å². The first-order valence-corrected chi connectivity index (χ1v) is 14.3. The molecular formula is C24H16Br2Cl4N2O4. The van der Waals surface area contributed by atoms with Crippen molar-refractivity contribution in [3.8, 4) is 0 Å². The predicted molar refractivity (Wildman–Crippen MR) is 144 cm³/mol. The Kier molecular flexibility index (Phi) is 7.24. The predicted octanol–water partition coefficient (Wildman–Crippen LogP) is 6.32. The molecule has 2 aromatic rings. The number of alkyl halides is 2. The summed E-state index contributed by atoms with van der Waals surface area (Å²) in [6, 6.07) is 8.51. The van der Waals surface area contributed by atoms with Gasteiger partial charge < -0.3 is 0 Å². The van der Waals surface area contributed by atoms with Crippen molar-refractivity contribution in [2.45, 2.75) is 16.1 Å². The summed E-state index contributed by atoms with van der Waals surface area (Å²) in [5.41, 5.74) is 0.171. The van der Waals surface area contributed by atoms with E-state index in [1.807, 2.05) is 0 Å². The van der Waals surface area contributed by atoms with Crippen LogP contribution in [0, 0.1) is 23.7 Å². The lowest BCUT2D eigenvalue weighted by Crippen LogP contribution is -2.52. The summed E-state index contributed by atoms with van der Waals surface area (Å²) in [5.74, 6) is -3.56. The fourth-order valence-electron chi connectivity index (χ4n) is 5.52. The van der Waals surface area contributed by atoms with Gasteiger partial charge in [-0.1, -0.05) is 78.3 Å². The van der Waals surface area contributed by atoms with E-state index in [9.17, 15) is 19.2 Å². The Morgan fingerprint density at radius 3 is 2.03 bits per heavy atom. The monoisotopic (exact) mass is 694 g/mol. The fourth-order valence-corrected chi connectivity index (χ4v) is 8.20. The van der Waals surface area contributed by atoms with Crippen LogP contribution in [0.5, 0.6) is 0 Å². The first-order valence-electron chi connectivity index (χ1n) is 10.9. The minimum atomic E-state index is -0.744. The number of ketones is 1. The third kappa shape index (κ3) is 4.22. The van der Waals surface area contributed by atoms with Gasteiger partial charge in [0.15, 0.2) is 5.78 Å². The van der Waals surface area contributed by atoms with Gasteiger partial charge in [-0.15, -0.1) is 0 Å². The van der Waals surface area contributed by atoms with Crippen LogP contribution < -0.4 is 0 Å². The van der Waals surface area contributed by atoms with E-state index in [0.717, 1.165) is 16.4 Å². The van der Waals surface area contributed by atoms with Gasteiger partial charge in [0.05, 0.1) is 26.9 Å². The van der Waals surface area contributed by atoms with Crippen molar-refractivity contribution < 1.29 is 19.2 Å². The topological polar surface area (TPSA) is 74.8 Å². The average Bonchev–Trinajstić information content (AvgIpc) is 3.44. The molecule has 0 N–H and O–H groups in total. The summed E-state index contributed by atoms with van der Waals surface area (Å²) in [4.78, 5) is 54.3. The number of imide groups is 1. The molecule has 3 fully saturated rings. The number of Topliss-reactive ketones (excluding diaryl/α,β-unsaturated/α-hetero) is 1. The number of nitrogens with zero attached hydrogens (tertiary/aromatic N) is 2. The van der Waals surface area contributed by atoms with E-state index in [4.69, 9.17) is 46.4 Å². The second-order valence-corrected chi connectivity index (χ2v) is 12.8. The molecule has 0 spiro atoms. The van der Waals surface area contributed by atoms with E-state index in [-0.39, 0.29) is 47.7 Å². The summed E-state index contributed by atoms with van der Waals surface area (Å²) in [5, 5.41) is 2.51. The molecule has 5 rings (SSSR count). The highest BCUT2D eigenvalue weighted by Crippen LogP contribution is 2.60. The number of hydrogen-bond acceptors (Lipinski definition) is 4. The van der Waals surface area contributed by atoms with E-state index < -0.39 is 41.9 Å². The zero-order valence-electron chi connectivity index (χ0n) is 18.1. The van der Waals surface area contributed by atoms with Gasteiger partial charge in [0, 0.05) is 25.8 Å². The maximum atomic E-state index is 13.7. The summed E-state index contributed by atoms with van der Waals surface area (Å²) in [6.07, 6.45) is 0.729. The van der Waals surface area contributed by atoms with E-state index in [2.05, 4.69) is 31.9 Å². The van der Waals surface area contributed by atoms with Crippen LogP contribution in [0.3, 0.4) is 0 Å². The number of benzene rings is 2. The molecule has 0 aromatic heterocycles. The number of fused-ring (bicyclic) bond motifs is 5. The highest BCUT2D eigenvalue weighted by Gasteiger charge is 2.67. The number of hydrazine groups is 1. The molecule has 6 atom stereocenters. The molecule has 2 aromatic carbocycles. The Labute approximate surface area is 243 Å².